The number of amides is 2. The molecule has 2 amide bonds. The number of rotatable bonds is 4. The highest BCUT2D eigenvalue weighted by Gasteiger charge is 2.32. The van der Waals surface area contributed by atoms with Crippen molar-refractivity contribution in [1.29, 1.82) is 0 Å². The predicted octanol–water partition coefficient (Wildman–Crippen LogP) is 3.33. The third kappa shape index (κ3) is 5.06. The van der Waals surface area contributed by atoms with Crippen LogP contribution in [-0.2, 0) is 11.3 Å². The highest BCUT2D eigenvalue weighted by atomic mass is 32.1. The maximum atomic E-state index is 13.2. The van der Waals surface area contributed by atoms with Gasteiger partial charge in [-0.3, -0.25) is 14.5 Å². The predicted molar refractivity (Wildman–Crippen MR) is 116 cm³/mol. The first-order valence-corrected chi connectivity index (χ1v) is 11.5. The highest BCUT2D eigenvalue weighted by molar-refractivity contribution is 7.12. The maximum absolute atomic E-state index is 13.2. The van der Waals surface area contributed by atoms with Gasteiger partial charge in [-0.25, -0.2) is 0 Å². The van der Waals surface area contributed by atoms with Crippen LogP contribution in [0.25, 0.3) is 0 Å². The molecule has 0 radical (unpaired) electrons. The first-order valence-electron chi connectivity index (χ1n) is 10.6. The molecule has 2 aliphatic heterocycles. The zero-order valence-corrected chi connectivity index (χ0v) is 17.7. The molecular weight excluding hydrogens is 382 g/mol. The summed E-state index contributed by atoms with van der Waals surface area (Å²) in [6, 6.07) is 14.3. The summed E-state index contributed by atoms with van der Waals surface area (Å²) < 4.78 is 0. The lowest BCUT2D eigenvalue weighted by Crippen LogP contribution is -2.47. The van der Waals surface area contributed by atoms with Crippen LogP contribution in [0.2, 0.25) is 0 Å². The molecule has 3 heterocycles. The molecule has 0 N–H and O–H groups in total. The van der Waals surface area contributed by atoms with Crippen LogP contribution in [-0.4, -0.2) is 65.8 Å². The third-order valence-electron chi connectivity index (χ3n) is 5.94. The fourth-order valence-electron chi connectivity index (χ4n) is 4.37. The van der Waals surface area contributed by atoms with Crippen LogP contribution in [0.1, 0.15) is 34.5 Å². The van der Waals surface area contributed by atoms with E-state index in [-0.39, 0.29) is 17.7 Å². The van der Waals surface area contributed by atoms with Crippen LogP contribution in [0.15, 0.2) is 47.8 Å². The van der Waals surface area contributed by atoms with E-state index in [0.717, 1.165) is 63.4 Å². The normalized spacial score (nSPS) is 21.0. The van der Waals surface area contributed by atoms with Crippen LogP contribution < -0.4 is 0 Å². The first kappa shape index (κ1) is 20.1. The summed E-state index contributed by atoms with van der Waals surface area (Å²) in [6.07, 6.45) is 2.79. The molecule has 0 spiro atoms. The molecule has 0 bridgehead atoms. The third-order valence-corrected chi connectivity index (χ3v) is 6.80. The summed E-state index contributed by atoms with van der Waals surface area (Å²) in [5, 5.41) is 1.93. The zero-order chi connectivity index (χ0) is 20.1. The van der Waals surface area contributed by atoms with E-state index in [1.165, 1.54) is 16.9 Å². The van der Waals surface area contributed by atoms with E-state index in [9.17, 15) is 9.59 Å². The number of nitrogens with zero attached hydrogens (tertiary/aromatic N) is 3. The number of piperidine rings is 1. The quantitative estimate of drug-likeness (QED) is 0.775. The maximum Gasteiger partial charge on any atom is 0.263 e. The smallest absolute Gasteiger partial charge is 0.263 e. The van der Waals surface area contributed by atoms with Crippen molar-refractivity contribution in [2.75, 3.05) is 39.3 Å². The Bertz CT molecular complexity index is 809. The van der Waals surface area contributed by atoms with E-state index in [1.807, 2.05) is 33.4 Å². The Balaban J connectivity index is 1.32. The molecule has 2 aromatic rings. The molecule has 1 aromatic heterocycles. The van der Waals surface area contributed by atoms with Crippen molar-refractivity contribution in [3.8, 4) is 0 Å². The van der Waals surface area contributed by atoms with Crippen molar-refractivity contribution < 1.29 is 9.59 Å². The van der Waals surface area contributed by atoms with Gasteiger partial charge in [-0.05, 0) is 36.3 Å². The van der Waals surface area contributed by atoms with Crippen molar-refractivity contribution in [2.45, 2.75) is 25.8 Å². The number of hydrogen-bond donors (Lipinski definition) is 0. The van der Waals surface area contributed by atoms with Crippen molar-refractivity contribution >= 4 is 23.2 Å². The van der Waals surface area contributed by atoms with Gasteiger partial charge in [-0.2, -0.15) is 0 Å². The van der Waals surface area contributed by atoms with Crippen molar-refractivity contribution in [3.05, 3.63) is 58.3 Å². The molecule has 6 heteroatoms. The second-order valence-electron chi connectivity index (χ2n) is 8.01. The summed E-state index contributed by atoms with van der Waals surface area (Å²) in [7, 11) is 0. The van der Waals surface area contributed by atoms with E-state index in [4.69, 9.17) is 0 Å². The Morgan fingerprint density at radius 2 is 1.72 bits per heavy atom. The Morgan fingerprint density at radius 1 is 0.897 bits per heavy atom. The minimum absolute atomic E-state index is 0.0617. The molecule has 1 atom stereocenters. The van der Waals surface area contributed by atoms with Crippen LogP contribution in [0.5, 0.6) is 0 Å². The zero-order valence-electron chi connectivity index (χ0n) is 16.8. The van der Waals surface area contributed by atoms with Gasteiger partial charge in [-0.15, -0.1) is 11.3 Å². The van der Waals surface area contributed by atoms with E-state index in [2.05, 4.69) is 29.2 Å². The standard InChI is InChI=1S/C23H29N3O2S/c27-22(20-9-4-12-26(18-20)23(28)21-10-5-16-29-21)25-13-6-11-24(14-15-25)17-19-7-2-1-3-8-19/h1-3,5,7-8,10,16,20H,4,6,9,11-15,17-18H2. The van der Waals surface area contributed by atoms with Gasteiger partial charge in [0.25, 0.3) is 5.91 Å². The van der Waals surface area contributed by atoms with Crippen molar-refractivity contribution in [3.63, 3.8) is 0 Å². The molecule has 0 aliphatic carbocycles. The lowest BCUT2D eigenvalue weighted by molar-refractivity contribution is -0.136. The van der Waals surface area contributed by atoms with Gasteiger partial charge in [0, 0.05) is 45.8 Å². The molecule has 29 heavy (non-hydrogen) atoms. The fraction of sp³-hybridized carbons (Fsp3) is 0.478. The van der Waals surface area contributed by atoms with Crippen LogP contribution in [0.3, 0.4) is 0 Å². The Hall–Kier alpha value is -2.18. The summed E-state index contributed by atoms with van der Waals surface area (Å²) in [5.74, 6) is 0.242. The average molecular weight is 412 g/mol. The number of hydrogen-bond acceptors (Lipinski definition) is 4. The summed E-state index contributed by atoms with van der Waals surface area (Å²) in [6.45, 7) is 5.78. The molecule has 1 unspecified atom stereocenters. The lowest BCUT2D eigenvalue weighted by atomic mass is 9.96. The topological polar surface area (TPSA) is 43.9 Å². The fourth-order valence-corrected chi connectivity index (χ4v) is 5.06. The van der Waals surface area contributed by atoms with Gasteiger partial charge in [0.1, 0.15) is 0 Å². The first-order chi connectivity index (χ1) is 14.2. The van der Waals surface area contributed by atoms with Gasteiger partial charge in [0.15, 0.2) is 0 Å². The van der Waals surface area contributed by atoms with Crippen LogP contribution in [0, 0.1) is 5.92 Å². The summed E-state index contributed by atoms with van der Waals surface area (Å²) >= 11 is 1.47. The van der Waals surface area contributed by atoms with Gasteiger partial charge in [0.2, 0.25) is 5.91 Å². The van der Waals surface area contributed by atoms with Gasteiger partial charge < -0.3 is 9.80 Å². The van der Waals surface area contributed by atoms with Gasteiger partial charge in [-0.1, -0.05) is 36.4 Å². The molecule has 5 nitrogen and oxygen atoms in total. The van der Waals surface area contributed by atoms with Gasteiger partial charge >= 0.3 is 0 Å². The van der Waals surface area contributed by atoms with E-state index < -0.39 is 0 Å². The molecule has 1 aromatic carbocycles. The van der Waals surface area contributed by atoms with Crippen molar-refractivity contribution in [2.24, 2.45) is 5.92 Å². The Kier molecular flexibility index (Phi) is 6.62. The average Bonchev–Trinajstić information content (AvgIpc) is 3.21. The molecular formula is C23H29N3O2S. The highest BCUT2D eigenvalue weighted by Crippen LogP contribution is 2.23. The minimum Gasteiger partial charge on any atom is -0.341 e. The minimum atomic E-state index is -0.0617. The number of likely N-dealkylation sites (tertiary alicyclic amines) is 1. The molecule has 2 aliphatic rings. The Morgan fingerprint density at radius 3 is 2.52 bits per heavy atom. The lowest BCUT2D eigenvalue weighted by Gasteiger charge is -2.34. The second kappa shape index (κ2) is 9.55. The summed E-state index contributed by atoms with van der Waals surface area (Å²) in [5.41, 5.74) is 1.32. The van der Waals surface area contributed by atoms with Crippen molar-refractivity contribution in [1.82, 2.24) is 14.7 Å². The molecule has 4 rings (SSSR count). The monoisotopic (exact) mass is 411 g/mol. The Labute approximate surface area is 176 Å². The molecule has 2 fully saturated rings. The number of thiophene rings is 1. The van der Waals surface area contributed by atoms with Crippen LogP contribution in [0.4, 0.5) is 0 Å². The van der Waals surface area contributed by atoms with E-state index >= 15 is 0 Å². The summed E-state index contributed by atoms with van der Waals surface area (Å²) in [4.78, 5) is 33.0. The number of carbonyl (C=O) groups excluding carboxylic acids is 2. The second-order valence-corrected chi connectivity index (χ2v) is 8.96. The van der Waals surface area contributed by atoms with E-state index in [0.29, 0.717) is 6.54 Å². The van der Waals surface area contributed by atoms with Gasteiger partial charge in [0.05, 0.1) is 10.8 Å². The molecule has 2 saturated heterocycles. The molecule has 154 valence electrons. The largest absolute Gasteiger partial charge is 0.341 e. The molecule has 0 saturated carbocycles. The number of benzene rings is 1. The SMILES string of the molecule is O=C(c1cccs1)N1CCCC(C(=O)N2CCCN(Cc3ccccc3)CC2)C1. The number of carbonyl (C=O) groups is 2. The van der Waals surface area contributed by atoms with E-state index in [1.54, 1.807) is 0 Å². The van der Waals surface area contributed by atoms with Crippen LogP contribution >= 0.6 is 11.3 Å².